The molecule has 1 aromatic carbocycles. The molecule has 0 saturated carbocycles. The second-order valence-corrected chi connectivity index (χ2v) is 4.74. The summed E-state index contributed by atoms with van der Waals surface area (Å²) in [4.78, 5) is 0. The van der Waals surface area contributed by atoms with Crippen molar-refractivity contribution < 1.29 is 18.9 Å². The van der Waals surface area contributed by atoms with Gasteiger partial charge in [-0.15, -0.1) is 0 Å². The van der Waals surface area contributed by atoms with E-state index < -0.39 is 0 Å². The van der Waals surface area contributed by atoms with Gasteiger partial charge in [-0.3, -0.25) is 0 Å². The Balaban J connectivity index is 2.62. The Morgan fingerprint density at radius 3 is 2.62 bits per heavy atom. The fraction of sp³-hybridized carbons (Fsp3) is 0.625. The summed E-state index contributed by atoms with van der Waals surface area (Å²) in [6.45, 7) is 7.34. The lowest BCUT2D eigenvalue weighted by molar-refractivity contribution is 0.0703. The van der Waals surface area contributed by atoms with Gasteiger partial charge in [0, 0.05) is 27.3 Å². The molecule has 0 fully saturated rings. The van der Waals surface area contributed by atoms with Crippen molar-refractivity contribution in [3.05, 3.63) is 23.8 Å². The van der Waals surface area contributed by atoms with E-state index in [4.69, 9.17) is 18.9 Å². The zero-order valence-corrected chi connectivity index (χ0v) is 13.5. The van der Waals surface area contributed by atoms with Gasteiger partial charge in [-0.2, -0.15) is 0 Å². The van der Waals surface area contributed by atoms with Crippen molar-refractivity contribution in [2.45, 2.75) is 26.5 Å². The van der Waals surface area contributed by atoms with Crippen LogP contribution in [0.3, 0.4) is 0 Å². The largest absolute Gasteiger partial charge is 0.490 e. The number of methoxy groups -OCH3 is 2. The van der Waals surface area contributed by atoms with Crippen molar-refractivity contribution in [3.63, 3.8) is 0 Å². The third-order valence-electron chi connectivity index (χ3n) is 3.00. The van der Waals surface area contributed by atoms with Crippen LogP contribution in [0, 0.1) is 0 Å². The van der Waals surface area contributed by atoms with Crippen LogP contribution in [0.15, 0.2) is 18.2 Å². The smallest absolute Gasteiger partial charge is 0.161 e. The minimum Gasteiger partial charge on any atom is -0.490 e. The standard InChI is InChI=1S/C16H27NO4/c1-5-20-16-10-14(11-17-8-9-18-3)6-7-15(16)21-12-13(2)19-4/h6-7,10,13,17H,5,8-9,11-12H2,1-4H3. The van der Waals surface area contributed by atoms with Gasteiger partial charge in [0.2, 0.25) is 0 Å². The third kappa shape index (κ3) is 6.80. The first-order chi connectivity index (χ1) is 10.2. The van der Waals surface area contributed by atoms with E-state index in [0.717, 1.165) is 30.2 Å². The molecule has 0 aliphatic heterocycles. The molecule has 1 rings (SSSR count). The van der Waals surface area contributed by atoms with E-state index >= 15 is 0 Å². The van der Waals surface area contributed by atoms with E-state index in [-0.39, 0.29) is 6.10 Å². The summed E-state index contributed by atoms with van der Waals surface area (Å²) < 4.78 is 21.6. The summed E-state index contributed by atoms with van der Waals surface area (Å²) >= 11 is 0. The van der Waals surface area contributed by atoms with Crippen LogP contribution in [-0.4, -0.2) is 46.7 Å². The highest BCUT2D eigenvalue weighted by molar-refractivity contribution is 5.43. The summed E-state index contributed by atoms with van der Waals surface area (Å²) in [5, 5.41) is 3.31. The van der Waals surface area contributed by atoms with Gasteiger partial charge in [-0.1, -0.05) is 6.07 Å². The van der Waals surface area contributed by atoms with Gasteiger partial charge in [-0.05, 0) is 31.5 Å². The van der Waals surface area contributed by atoms with Gasteiger partial charge in [-0.25, -0.2) is 0 Å². The Kier molecular flexibility index (Phi) is 8.82. The van der Waals surface area contributed by atoms with Gasteiger partial charge in [0.05, 0.1) is 19.3 Å². The summed E-state index contributed by atoms with van der Waals surface area (Å²) in [6, 6.07) is 5.99. The quantitative estimate of drug-likeness (QED) is 0.635. The van der Waals surface area contributed by atoms with Crippen molar-refractivity contribution in [2.75, 3.05) is 40.6 Å². The van der Waals surface area contributed by atoms with Gasteiger partial charge in [0.15, 0.2) is 11.5 Å². The zero-order valence-electron chi connectivity index (χ0n) is 13.5. The maximum absolute atomic E-state index is 5.75. The normalized spacial score (nSPS) is 12.2. The fourth-order valence-corrected chi connectivity index (χ4v) is 1.73. The molecule has 0 bridgehead atoms. The van der Waals surface area contributed by atoms with Gasteiger partial charge < -0.3 is 24.3 Å². The monoisotopic (exact) mass is 297 g/mol. The predicted octanol–water partition coefficient (Wildman–Crippen LogP) is 2.24. The predicted molar refractivity (Wildman–Crippen MR) is 83.2 cm³/mol. The van der Waals surface area contributed by atoms with E-state index in [1.807, 2.05) is 32.0 Å². The topological polar surface area (TPSA) is 49.0 Å². The van der Waals surface area contributed by atoms with Crippen LogP contribution in [0.5, 0.6) is 11.5 Å². The van der Waals surface area contributed by atoms with Crippen LogP contribution < -0.4 is 14.8 Å². The number of nitrogens with one attached hydrogen (secondary N) is 1. The summed E-state index contributed by atoms with van der Waals surface area (Å²) in [5.41, 5.74) is 1.15. The molecule has 5 nitrogen and oxygen atoms in total. The van der Waals surface area contributed by atoms with Crippen molar-refractivity contribution in [1.82, 2.24) is 5.32 Å². The van der Waals surface area contributed by atoms with E-state index in [0.29, 0.717) is 19.8 Å². The molecular formula is C16H27NO4. The van der Waals surface area contributed by atoms with E-state index in [9.17, 15) is 0 Å². The van der Waals surface area contributed by atoms with Crippen LogP contribution in [0.4, 0.5) is 0 Å². The molecule has 0 amide bonds. The van der Waals surface area contributed by atoms with Crippen LogP contribution >= 0.6 is 0 Å². The van der Waals surface area contributed by atoms with Crippen LogP contribution in [0.2, 0.25) is 0 Å². The molecule has 0 spiro atoms. The van der Waals surface area contributed by atoms with Crippen LogP contribution in [-0.2, 0) is 16.0 Å². The molecule has 1 aromatic rings. The molecule has 1 unspecified atom stereocenters. The molecule has 0 aromatic heterocycles. The summed E-state index contributed by atoms with van der Waals surface area (Å²) in [7, 11) is 3.37. The van der Waals surface area contributed by atoms with Crippen LogP contribution in [0.25, 0.3) is 0 Å². The zero-order chi connectivity index (χ0) is 15.5. The second kappa shape index (κ2) is 10.4. The summed E-state index contributed by atoms with van der Waals surface area (Å²) in [5.74, 6) is 1.52. The molecule has 1 N–H and O–H groups in total. The Bertz CT molecular complexity index is 398. The molecule has 1 atom stereocenters. The first kappa shape index (κ1) is 17.8. The van der Waals surface area contributed by atoms with Crippen LogP contribution in [0.1, 0.15) is 19.4 Å². The first-order valence-electron chi connectivity index (χ1n) is 7.32. The second-order valence-electron chi connectivity index (χ2n) is 4.74. The molecule has 21 heavy (non-hydrogen) atoms. The van der Waals surface area contributed by atoms with Gasteiger partial charge in [0.1, 0.15) is 6.61 Å². The number of rotatable bonds is 11. The molecule has 0 radical (unpaired) electrons. The molecule has 0 aliphatic carbocycles. The lowest BCUT2D eigenvalue weighted by Gasteiger charge is -2.16. The highest BCUT2D eigenvalue weighted by atomic mass is 16.5. The minimum absolute atomic E-state index is 0.0508. The number of hydrogen-bond acceptors (Lipinski definition) is 5. The molecule has 0 heterocycles. The molecule has 0 saturated heterocycles. The van der Waals surface area contributed by atoms with Crippen molar-refractivity contribution >= 4 is 0 Å². The Labute approximate surface area is 127 Å². The number of benzene rings is 1. The summed E-state index contributed by atoms with van der Waals surface area (Å²) in [6.07, 6.45) is 0.0508. The average Bonchev–Trinajstić information content (AvgIpc) is 2.50. The van der Waals surface area contributed by atoms with Crippen molar-refractivity contribution in [3.8, 4) is 11.5 Å². The van der Waals surface area contributed by atoms with Crippen molar-refractivity contribution in [1.29, 1.82) is 0 Å². The SMILES string of the molecule is CCOc1cc(CNCCOC)ccc1OCC(C)OC. The lowest BCUT2D eigenvalue weighted by Crippen LogP contribution is -2.19. The molecule has 120 valence electrons. The van der Waals surface area contributed by atoms with E-state index in [1.54, 1.807) is 14.2 Å². The highest BCUT2D eigenvalue weighted by Gasteiger charge is 2.08. The highest BCUT2D eigenvalue weighted by Crippen LogP contribution is 2.28. The van der Waals surface area contributed by atoms with Gasteiger partial charge in [0.25, 0.3) is 0 Å². The van der Waals surface area contributed by atoms with E-state index in [1.165, 1.54) is 0 Å². The van der Waals surface area contributed by atoms with Crippen molar-refractivity contribution in [2.24, 2.45) is 0 Å². The van der Waals surface area contributed by atoms with Gasteiger partial charge >= 0.3 is 0 Å². The molecule has 5 heteroatoms. The number of ether oxygens (including phenoxy) is 4. The molecular weight excluding hydrogens is 270 g/mol. The van der Waals surface area contributed by atoms with E-state index in [2.05, 4.69) is 5.32 Å². The Morgan fingerprint density at radius 2 is 1.95 bits per heavy atom. The Hall–Kier alpha value is -1.30. The molecule has 0 aliphatic rings. The first-order valence-corrected chi connectivity index (χ1v) is 7.32. The third-order valence-corrected chi connectivity index (χ3v) is 3.00. The lowest BCUT2D eigenvalue weighted by atomic mass is 10.2. The average molecular weight is 297 g/mol. The fourth-order valence-electron chi connectivity index (χ4n) is 1.73. The maximum atomic E-state index is 5.75. The maximum Gasteiger partial charge on any atom is 0.161 e. The number of hydrogen-bond donors (Lipinski definition) is 1. The minimum atomic E-state index is 0.0508. The Morgan fingerprint density at radius 1 is 1.14 bits per heavy atom.